The molecule has 8 nitrogen and oxygen atoms in total. The van der Waals surface area contributed by atoms with Crippen molar-refractivity contribution in [1.82, 2.24) is 8.61 Å². The van der Waals surface area contributed by atoms with Gasteiger partial charge in [-0.1, -0.05) is 26.0 Å². The summed E-state index contributed by atoms with van der Waals surface area (Å²) in [6.07, 6.45) is 0. The maximum absolute atomic E-state index is 12.6. The molecule has 0 saturated heterocycles. The Kier molecular flexibility index (Phi) is 7.17. The summed E-state index contributed by atoms with van der Waals surface area (Å²) in [6.45, 7) is 4.20. The van der Waals surface area contributed by atoms with Crippen LogP contribution in [0.1, 0.15) is 24.2 Å². The fourth-order valence-electron chi connectivity index (χ4n) is 2.68. The number of sulfonamides is 2. The Morgan fingerprint density at radius 2 is 1.41 bits per heavy atom. The summed E-state index contributed by atoms with van der Waals surface area (Å²) < 4.78 is 52.4. The first kappa shape index (κ1) is 23.0. The Morgan fingerprint density at radius 1 is 0.862 bits per heavy atom. The summed E-state index contributed by atoms with van der Waals surface area (Å²) in [4.78, 5) is 12.7. The minimum atomic E-state index is -3.74. The lowest BCUT2D eigenvalue weighted by Gasteiger charge is -2.18. The van der Waals surface area contributed by atoms with E-state index in [4.69, 9.17) is 0 Å². The predicted molar refractivity (Wildman–Crippen MR) is 112 cm³/mol. The predicted octanol–water partition coefficient (Wildman–Crippen LogP) is 2.22. The number of nitrogens with zero attached hydrogens (tertiary/aromatic N) is 2. The van der Waals surface area contributed by atoms with Gasteiger partial charge in [0, 0.05) is 32.7 Å². The van der Waals surface area contributed by atoms with Crippen molar-refractivity contribution in [1.29, 1.82) is 0 Å². The smallest absolute Gasteiger partial charge is 0.255 e. The fraction of sp³-hybridized carbons (Fsp3) is 0.316. The normalized spacial score (nSPS) is 12.3. The van der Waals surface area contributed by atoms with Crippen molar-refractivity contribution >= 4 is 31.6 Å². The number of carbonyl (C=O) groups is 1. The lowest BCUT2D eigenvalue weighted by atomic mass is 10.2. The summed E-state index contributed by atoms with van der Waals surface area (Å²) in [5.41, 5.74) is 0.353. The molecule has 158 valence electrons. The van der Waals surface area contributed by atoms with Gasteiger partial charge in [-0.3, -0.25) is 4.79 Å². The highest BCUT2D eigenvalue weighted by Crippen LogP contribution is 2.24. The van der Waals surface area contributed by atoms with Gasteiger partial charge in [0.25, 0.3) is 5.91 Å². The molecule has 1 N–H and O–H groups in total. The van der Waals surface area contributed by atoms with Crippen LogP contribution in [0.3, 0.4) is 0 Å². The van der Waals surface area contributed by atoms with Crippen LogP contribution in [0, 0.1) is 0 Å². The Bertz CT molecular complexity index is 1080. The zero-order chi connectivity index (χ0) is 21.8. The number of anilines is 1. The maximum Gasteiger partial charge on any atom is 0.255 e. The molecule has 0 saturated carbocycles. The highest BCUT2D eigenvalue weighted by molar-refractivity contribution is 7.89. The van der Waals surface area contributed by atoms with E-state index in [2.05, 4.69) is 5.32 Å². The Hall–Kier alpha value is -2.27. The second-order valence-corrected chi connectivity index (χ2v) is 10.4. The third-order valence-corrected chi connectivity index (χ3v) is 8.29. The number of benzene rings is 2. The first-order valence-electron chi connectivity index (χ1n) is 8.98. The van der Waals surface area contributed by atoms with Crippen LogP contribution in [0.25, 0.3) is 0 Å². The van der Waals surface area contributed by atoms with Crippen molar-refractivity contribution in [3.8, 4) is 0 Å². The van der Waals surface area contributed by atoms with E-state index in [0.29, 0.717) is 13.1 Å². The third-order valence-electron chi connectivity index (χ3n) is 4.35. The molecule has 0 fully saturated rings. The van der Waals surface area contributed by atoms with E-state index in [1.165, 1.54) is 54.8 Å². The largest absolute Gasteiger partial charge is 0.321 e. The second kappa shape index (κ2) is 9.04. The third kappa shape index (κ3) is 4.84. The van der Waals surface area contributed by atoms with E-state index in [-0.39, 0.29) is 21.0 Å². The van der Waals surface area contributed by atoms with Crippen molar-refractivity contribution < 1.29 is 21.6 Å². The van der Waals surface area contributed by atoms with E-state index in [0.717, 1.165) is 4.31 Å². The minimum Gasteiger partial charge on any atom is -0.321 e. The first-order valence-corrected chi connectivity index (χ1v) is 11.9. The standard InChI is InChI=1S/C19H25N3O5S2/c1-5-22(6-2)28(24,25)16-13-11-15(12-14-16)19(23)20-17-9-7-8-10-18(17)29(26,27)21(3)4/h7-14H,5-6H2,1-4H3,(H,20,23). The number of para-hydroxylation sites is 1. The summed E-state index contributed by atoms with van der Waals surface area (Å²) in [6, 6.07) is 11.6. The highest BCUT2D eigenvalue weighted by Gasteiger charge is 2.23. The van der Waals surface area contributed by atoms with Gasteiger partial charge in [-0.05, 0) is 36.4 Å². The Morgan fingerprint density at radius 3 is 1.93 bits per heavy atom. The molecule has 0 radical (unpaired) electrons. The Balaban J connectivity index is 2.31. The van der Waals surface area contributed by atoms with Crippen LogP contribution in [0.2, 0.25) is 0 Å². The quantitative estimate of drug-likeness (QED) is 0.679. The summed E-state index contributed by atoms with van der Waals surface area (Å²) in [7, 11) is -4.55. The molecule has 0 aliphatic rings. The second-order valence-electron chi connectivity index (χ2n) is 6.35. The molecule has 0 heterocycles. The van der Waals surface area contributed by atoms with Gasteiger partial charge in [-0.2, -0.15) is 4.31 Å². The van der Waals surface area contributed by atoms with Crippen molar-refractivity contribution in [2.75, 3.05) is 32.5 Å². The average Bonchev–Trinajstić information content (AvgIpc) is 2.69. The SMILES string of the molecule is CCN(CC)S(=O)(=O)c1ccc(C(=O)Nc2ccccc2S(=O)(=O)N(C)C)cc1. The molecule has 0 aliphatic heterocycles. The molecule has 0 unspecified atom stereocenters. The number of nitrogens with one attached hydrogen (secondary N) is 1. The van der Waals surface area contributed by atoms with Crippen LogP contribution in [-0.4, -0.2) is 58.5 Å². The fourth-order valence-corrected chi connectivity index (χ4v) is 5.18. The van der Waals surface area contributed by atoms with Crippen molar-refractivity contribution in [2.45, 2.75) is 23.6 Å². The number of amides is 1. The molecule has 0 spiro atoms. The monoisotopic (exact) mass is 439 g/mol. The van der Waals surface area contributed by atoms with Gasteiger partial charge >= 0.3 is 0 Å². The molecule has 0 atom stereocenters. The molecular weight excluding hydrogens is 414 g/mol. The van der Waals surface area contributed by atoms with Gasteiger partial charge in [0.15, 0.2) is 0 Å². The van der Waals surface area contributed by atoms with E-state index in [1.54, 1.807) is 26.0 Å². The molecule has 2 rings (SSSR count). The van der Waals surface area contributed by atoms with Crippen LogP contribution in [0.5, 0.6) is 0 Å². The van der Waals surface area contributed by atoms with Crippen molar-refractivity contribution in [3.63, 3.8) is 0 Å². The van der Waals surface area contributed by atoms with Gasteiger partial charge in [0.1, 0.15) is 4.90 Å². The van der Waals surface area contributed by atoms with Gasteiger partial charge in [-0.25, -0.2) is 21.1 Å². The number of hydrogen-bond donors (Lipinski definition) is 1. The van der Waals surface area contributed by atoms with Crippen LogP contribution in [0.4, 0.5) is 5.69 Å². The highest BCUT2D eigenvalue weighted by atomic mass is 32.2. The number of rotatable bonds is 8. The maximum atomic E-state index is 12.6. The zero-order valence-electron chi connectivity index (χ0n) is 16.8. The molecule has 2 aromatic carbocycles. The number of carbonyl (C=O) groups excluding carboxylic acids is 1. The van der Waals surface area contributed by atoms with Crippen molar-refractivity contribution in [2.24, 2.45) is 0 Å². The van der Waals surface area contributed by atoms with E-state index >= 15 is 0 Å². The van der Waals surface area contributed by atoms with Gasteiger partial charge in [0.05, 0.1) is 10.6 Å². The molecule has 2 aromatic rings. The average molecular weight is 440 g/mol. The minimum absolute atomic E-state index is 0.0286. The van der Waals surface area contributed by atoms with Gasteiger partial charge in [-0.15, -0.1) is 0 Å². The van der Waals surface area contributed by atoms with Crippen LogP contribution in [0.15, 0.2) is 58.3 Å². The van der Waals surface area contributed by atoms with Crippen LogP contribution in [-0.2, 0) is 20.0 Å². The lowest BCUT2D eigenvalue weighted by molar-refractivity contribution is 0.102. The van der Waals surface area contributed by atoms with E-state index in [1.807, 2.05) is 0 Å². The Labute approximate surface area is 172 Å². The van der Waals surface area contributed by atoms with Crippen molar-refractivity contribution in [3.05, 3.63) is 54.1 Å². The molecule has 1 amide bonds. The first-order chi connectivity index (χ1) is 13.6. The molecule has 10 heteroatoms. The lowest BCUT2D eigenvalue weighted by Crippen LogP contribution is -2.30. The molecule has 0 aliphatic carbocycles. The topological polar surface area (TPSA) is 104 Å². The van der Waals surface area contributed by atoms with E-state index < -0.39 is 26.0 Å². The molecule has 0 aromatic heterocycles. The zero-order valence-corrected chi connectivity index (χ0v) is 18.4. The molecule has 29 heavy (non-hydrogen) atoms. The van der Waals surface area contributed by atoms with E-state index in [9.17, 15) is 21.6 Å². The summed E-state index contributed by atoms with van der Waals surface area (Å²) in [5, 5.41) is 2.59. The van der Waals surface area contributed by atoms with Crippen LogP contribution >= 0.6 is 0 Å². The molecule has 0 bridgehead atoms. The molecular formula is C19H25N3O5S2. The number of hydrogen-bond acceptors (Lipinski definition) is 5. The van der Waals surface area contributed by atoms with Gasteiger partial charge < -0.3 is 5.32 Å². The summed E-state index contributed by atoms with van der Waals surface area (Å²) >= 11 is 0. The van der Waals surface area contributed by atoms with Gasteiger partial charge in [0.2, 0.25) is 20.0 Å². The summed E-state index contributed by atoms with van der Waals surface area (Å²) in [5.74, 6) is -0.543. The van der Waals surface area contributed by atoms with Crippen LogP contribution < -0.4 is 5.32 Å².